The average molecular weight is 416 g/mol. The highest BCUT2D eigenvalue weighted by molar-refractivity contribution is 9.11. The molecule has 0 amide bonds. The van der Waals surface area contributed by atoms with Gasteiger partial charge in [-0.1, -0.05) is 23.2 Å². The van der Waals surface area contributed by atoms with Gasteiger partial charge in [0, 0.05) is 17.1 Å². The molecule has 9 heteroatoms. The molecule has 1 aromatic carbocycles. The van der Waals surface area contributed by atoms with Crippen LogP contribution in [0, 0.1) is 0 Å². The molecule has 0 atom stereocenters. The molecule has 0 aliphatic heterocycles. The molecule has 0 saturated heterocycles. The van der Waals surface area contributed by atoms with Crippen LogP contribution in [-0.2, 0) is 16.6 Å². The summed E-state index contributed by atoms with van der Waals surface area (Å²) in [6.45, 7) is 0.162. The summed E-state index contributed by atoms with van der Waals surface area (Å²) in [5.41, 5.74) is 5.86. The fourth-order valence-corrected chi connectivity index (χ4v) is 5.27. The van der Waals surface area contributed by atoms with E-state index < -0.39 is 10.0 Å². The minimum absolute atomic E-state index is 0.00476. The summed E-state index contributed by atoms with van der Waals surface area (Å²) in [4.78, 5) is 0.703. The van der Waals surface area contributed by atoms with Crippen molar-refractivity contribution in [1.82, 2.24) is 4.72 Å². The maximum absolute atomic E-state index is 12.2. The standard InChI is InChI=1S/C11H9BrCl2N2O2S2/c12-10-2-1-7(19-10)5-16-20(17,18)11-8(13)3-6(15)4-9(11)14/h1-4,16H,5,15H2. The van der Waals surface area contributed by atoms with E-state index in [2.05, 4.69) is 20.7 Å². The third-order valence-corrected chi connectivity index (χ3v) is 6.30. The van der Waals surface area contributed by atoms with Crippen LogP contribution in [0.3, 0.4) is 0 Å². The number of nitrogens with one attached hydrogen (secondary N) is 1. The normalized spacial score (nSPS) is 11.8. The van der Waals surface area contributed by atoms with Gasteiger partial charge >= 0.3 is 0 Å². The van der Waals surface area contributed by atoms with Crippen molar-refractivity contribution >= 4 is 66.2 Å². The SMILES string of the molecule is Nc1cc(Cl)c(S(=O)(=O)NCc2ccc(Br)s2)c(Cl)c1. The second-order valence-electron chi connectivity index (χ2n) is 3.84. The Morgan fingerprint density at radius 1 is 1.25 bits per heavy atom. The molecule has 0 spiro atoms. The monoisotopic (exact) mass is 414 g/mol. The van der Waals surface area contributed by atoms with Crippen molar-refractivity contribution in [2.45, 2.75) is 11.4 Å². The molecular formula is C11H9BrCl2N2O2S2. The van der Waals surface area contributed by atoms with Gasteiger partial charge in [0.2, 0.25) is 10.0 Å². The van der Waals surface area contributed by atoms with Crippen molar-refractivity contribution in [3.05, 3.63) is 43.0 Å². The van der Waals surface area contributed by atoms with E-state index >= 15 is 0 Å². The molecule has 0 unspecified atom stereocenters. The lowest BCUT2D eigenvalue weighted by molar-refractivity contribution is 0.582. The molecule has 0 aliphatic carbocycles. The Balaban J connectivity index is 2.27. The minimum atomic E-state index is -3.81. The predicted molar refractivity (Wildman–Crippen MR) is 86.9 cm³/mol. The van der Waals surface area contributed by atoms with E-state index in [1.807, 2.05) is 12.1 Å². The van der Waals surface area contributed by atoms with Crippen LogP contribution in [0.2, 0.25) is 10.0 Å². The summed E-state index contributed by atoms with van der Waals surface area (Å²) in [5, 5.41) is -0.00952. The lowest BCUT2D eigenvalue weighted by atomic mass is 10.3. The Labute approximate surface area is 139 Å². The maximum Gasteiger partial charge on any atom is 0.243 e. The molecule has 4 nitrogen and oxygen atoms in total. The number of hydrogen-bond acceptors (Lipinski definition) is 4. The van der Waals surface area contributed by atoms with E-state index in [9.17, 15) is 8.42 Å². The van der Waals surface area contributed by atoms with Crippen molar-refractivity contribution in [1.29, 1.82) is 0 Å². The summed E-state index contributed by atoms with van der Waals surface area (Å²) in [6.07, 6.45) is 0. The van der Waals surface area contributed by atoms with Crippen LogP contribution in [0.1, 0.15) is 4.88 Å². The van der Waals surface area contributed by atoms with Crippen molar-refractivity contribution in [2.24, 2.45) is 0 Å². The molecular weight excluding hydrogens is 407 g/mol. The fraction of sp³-hybridized carbons (Fsp3) is 0.0909. The number of nitrogen functional groups attached to an aromatic ring is 1. The molecule has 20 heavy (non-hydrogen) atoms. The van der Waals surface area contributed by atoms with E-state index in [0.717, 1.165) is 8.66 Å². The second-order valence-corrected chi connectivity index (χ2v) is 8.91. The topological polar surface area (TPSA) is 72.2 Å². The second kappa shape index (κ2) is 6.21. The summed E-state index contributed by atoms with van der Waals surface area (Å²) in [6, 6.07) is 6.37. The summed E-state index contributed by atoms with van der Waals surface area (Å²) < 4.78 is 27.9. The number of benzene rings is 1. The zero-order chi connectivity index (χ0) is 14.9. The highest BCUT2D eigenvalue weighted by Gasteiger charge is 2.22. The molecule has 1 heterocycles. The van der Waals surface area contributed by atoms with Gasteiger partial charge in [0.05, 0.1) is 13.8 Å². The van der Waals surface area contributed by atoms with Crippen molar-refractivity contribution in [2.75, 3.05) is 5.73 Å². The molecule has 0 aliphatic rings. The zero-order valence-electron chi connectivity index (χ0n) is 9.86. The number of halogens is 3. The number of sulfonamides is 1. The van der Waals surface area contributed by atoms with Gasteiger partial charge in [-0.05, 0) is 40.2 Å². The smallest absolute Gasteiger partial charge is 0.243 e. The van der Waals surface area contributed by atoms with Crippen LogP contribution in [0.25, 0.3) is 0 Å². The molecule has 3 N–H and O–H groups in total. The Bertz CT molecular complexity index is 724. The highest BCUT2D eigenvalue weighted by Crippen LogP contribution is 2.32. The van der Waals surface area contributed by atoms with Gasteiger partial charge in [-0.25, -0.2) is 13.1 Å². The Morgan fingerprint density at radius 3 is 2.35 bits per heavy atom. The molecule has 0 fully saturated rings. The van der Waals surface area contributed by atoms with Crippen molar-refractivity contribution < 1.29 is 8.42 Å². The Hall–Kier alpha value is -0.310. The zero-order valence-corrected chi connectivity index (χ0v) is 14.6. The third-order valence-electron chi connectivity index (χ3n) is 2.35. The Kier molecular flexibility index (Phi) is 4.99. The van der Waals surface area contributed by atoms with Crippen LogP contribution in [-0.4, -0.2) is 8.42 Å². The summed E-state index contributed by atoms with van der Waals surface area (Å²) in [7, 11) is -3.81. The largest absolute Gasteiger partial charge is 0.399 e. The van der Waals surface area contributed by atoms with E-state index in [1.165, 1.54) is 23.5 Å². The van der Waals surface area contributed by atoms with Gasteiger partial charge in [-0.3, -0.25) is 0 Å². The minimum Gasteiger partial charge on any atom is -0.399 e. The number of hydrogen-bond donors (Lipinski definition) is 2. The molecule has 0 radical (unpaired) electrons. The van der Waals surface area contributed by atoms with Crippen LogP contribution < -0.4 is 10.5 Å². The lowest BCUT2D eigenvalue weighted by Crippen LogP contribution is -2.23. The molecule has 1 aromatic heterocycles. The van der Waals surface area contributed by atoms with Gasteiger partial charge in [-0.2, -0.15) is 0 Å². The number of nitrogens with two attached hydrogens (primary N) is 1. The highest BCUT2D eigenvalue weighted by atomic mass is 79.9. The van der Waals surface area contributed by atoms with E-state index in [4.69, 9.17) is 28.9 Å². The first-order valence-electron chi connectivity index (χ1n) is 5.28. The van der Waals surface area contributed by atoms with Gasteiger partial charge in [0.25, 0.3) is 0 Å². The number of anilines is 1. The lowest BCUT2D eigenvalue weighted by Gasteiger charge is -2.10. The van der Waals surface area contributed by atoms with Gasteiger partial charge in [0.15, 0.2) is 0 Å². The van der Waals surface area contributed by atoms with E-state index in [0.29, 0.717) is 5.69 Å². The predicted octanol–water partition coefficient (Wildman–Crippen LogP) is 3.88. The first-order chi connectivity index (χ1) is 9.29. The van der Waals surface area contributed by atoms with E-state index in [1.54, 1.807) is 0 Å². The number of thiophene rings is 1. The van der Waals surface area contributed by atoms with Gasteiger partial charge in [0.1, 0.15) is 4.90 Å². The van der Waals surface area contributed by atoms with Gasteiger partial charge in [-0.15, -0.1) is 11.3 Å². The summed E-state index contributed by atoms with van der Waals surface area (Å²) in [5.74, 6) is 0. The Morgan fingerprint density at radius 2 is 1.85 bits per heavy atom. The van der Waals surface area contributed by atoms with Crippen molar-refractivity contribution in [3.8, 4) is 0 Å². The van der Waals surface area contributed by atoms with Crippen LogP contribution in [0.5, 0.6) is 0 Å². The first kappa shape index (κ1) is 16.1. The molecule has 108 valence electrons. The van der Waals surface area contributed by atoms with Crippen LogP contribution in [0.15, 0.2) is 32.9 Å². The fourth-order valence-electron chi connectivity index (χ4n) is 1.52. The average Bonchev–Trinajstić information content (AvgIpc) is 2.71. The molecule has 0 bridgehead atoms. The van der Waals surface area contributed by atoms with Crippen molar-refractivity contribution in [3.63, 3.8) is 0 Å². The van der Waals surface area contributed by atoms with E-state index in [-0.39, 0.29) is 21.5 Å². The van der Waals surface area contributed by atoms with Crippen LogP contribution in [0.4, 0.5) is 5.69 Å². The summed E-state index contributed by atoms with van der Waals surface area (Å²) >= 11 is 16.6. The molecule has 2 rings (SSSR count). The molecule has 0 saturated carbocycles. The number of rotatable bonds is 4. The third kappa shape index (κ3) is 3.66. The first-order valence-corrected chi connectivity index (χ1v) is 9.13. The van der Waals surface area contributed by atoms with Gasteiger partial charge < -0.3 is 5.73 Å². The van der Waals surface area contributed by atoms with Crippen LogP contribution >= 0.6 is 50.5 Å². The molecule has 2 aromatic rings. The maximum atomic E-state index is 12.2. The quantitative estimate of drug-likeness (QED) is 0.744.